The molecule has 0 aromatic carbocycles. The van der Waals surface area contributed by atoms with Gasteiger partial charge in [-0.1, -0.05) is 5.11 Å². The van der Waals surface area contributed by atoms with Crippen LogP contribution in [0.3, 0.4) is 0 Å². The molecule has 0 radical (unpaired) electrons. The molecular formula is C10H20N4O3. The second-order valence-corrected chi connectivity index (χ2v) is 4.49. The summed E-state index contributed by atoms with van der Waals surface area (Å²) in [5.74, 6) is 0. The average molecular weight is 244 g/mol. The molecule has 0 fully saturated rings. The van der Waals surface area contributed by atoms with Crippen molar-refractivity contribution in [1.82, 2.24) is 5.32 Å². The van der Waals surface area contributed by atoms with Gasteiger partial charge in [0.2, 0.25) is 0 Å². The molecule has 0 aliphatic rings. The van der Waals surface area contributed by atoms with Crippen molar-refractivity contribution in [3.63, 3.8) is 0 Å². The molecule has 0 spiro atoms. The summed E-state index contributed by atoms with van der Waals surface area (Å²) < 4.78 is 10.3. The Morgan fingerprint density at radius 1 is 1.53 bits per heavy atom. The number of nitrogens with zero attached hydrogens (tertiary/aromatic N) is 3. The predicted molar refractivity (Wildman–Crippen MR) is 63.4 cm³/mol. The van der Waals surface area contributed by atoms with Crippen LogP contribution in [-0.2, 0) is 9.47 Å². The Morgan fingerprint density at radius 3 is 2.53 bits per heavy atom. The van der Waals surface area contributed by atoms with E-state index in [1.165, 1.54) is 0 Å². The van der Waals surface area contributed by atoms with Gasteiger partial charge in [0.05, 0.1) is 6.04 Å². The largest absolute Gasteiger partial charge is 0.444 e. The minimum Gasteiger partial charge on any atom is -0.444 e. The van der Waals surface area contributed by atoms with E-state index in [1.807, 2.05) is 0 Å². The summed E-state index contributed by atoms with van der Waals surface area (Å²) >= 11 is 0. The molecular weight excluding hydrogens is 224 g/mol. The molecule has 2 atom stereocenters. The highest BCUT2D eigenvalue weighted by atomic mass is 16.6. The van der Waals surface area contributed by atoms with Crippen LogP contribution in [0.1, 0.15) is 34.6 Å². The van der Waals surface area contributed by atoms with Crippen molar-refractivity contribution in [2.24, 2.45) is 5.11 Å². The summed E-state index contributed by atoms with van der Waals surface area (Å²) in [6.45, 7) is 9.16. The third-order valence-corrected chi connectivity index (χ3v) is 1.68. The van der Waals surface area contributed by atoms with E-state index in [0.717, 1.165) is 0 Å². The molecule has 7 nitrogen and oxygen atoms in total. The van der Waals surface area contributed by atoms with Gasteiger partial charge in [-0.2, -0.15) is 0 Å². The van der Waals surface area contributed by atoms with Crippen LogP contribution >= 0.6 is 0 Å². The van der Waals surface area contributed by atoms with Crippen molar-refractivity contribution in [1.29, 1.82) is 0 Å². The van der Waals surface area contributed by atoms with Gasteiger partial charge in [0.25, 0.3) is 0 Å². The van der Waals surface area contributed by atoms with Gasteiger partial charge in [0.15, 0.2) is 6.23 Å². The summed E-state index contributed by atoms with van der Waals surface area (Å²) in [7, 11) is 0. The fourth-order valence-corrected chi connectivity index (χ4v) is 1.06. The predicted octanol–water partition coefficient (Wildman–Crippen LogP) is 2.57. The number of ether oxygens (including phenoxy) is 2. The van der Waals surface area contributed by atoms with Crippen LogP contribution in [0.4, 0.5) is 4.79 Å². The SMILES string of the molecule is CCOC(N=[N+]=[N-])C(C)NC(=O)OC(C)(C)C. The van der Waals surface area contributed by atoms with Gasteiger partial charge in [-0.05, 0) is 40.1 Å². The van der Waals surface area contributed by atoms with Gasteiger partial charge in [-0.25, -0.2) is 4.79 Å². The molecule has 2 unspecified atom stereocenters. The summed E-state index contributed by atoms with van der Waals surface area (Å²) in [5.41, 5.74) is 7.80. The van der Waals surface area contributed by atoms with Crippen molar-refractivity contribution < 1.29 is 14.3 Å². The number of carbonyl (C=O) groups is 1. The van der Waals surface area contributed by atoms with E-state index in [0.29, 0.717) is 6.61 Å². The Bertz CT molecular complexity index is 294. The highest BCUT2D eigenvalue weighted by Gasteiger charge is 2.22. The fraction of sp³-hybridized carbons (Fsp3) is 0.900. The van der Waals surface area contributed by atoms with Crippen LogP contribution in [-0.4, -0.2) is 30.6 Å². The third kappa shape index (κ3) is 7.43. The van der Waals surface area contributed by atoms with E-state index in [4.69, 9.17) is 15.0 Å². The Kier molecular flexibility index (Phi) is 6.38. The van der Waals surface area contributed by atoms with E-state index < -0.39 is 24.0 Å². The monoisotopic (exact) mass is 244 g/mol. The number of azide groups is 1. The Morgan fingerprint density at radius 2 is 2.12 bits per heavy atom. The molecule has 0 heterocycles. The van der Waals surface area contributed by atoms with Gasteiger partial charge in [0, 0.05) is 11.5 Å². The van der Waals surface area contributed by atoms with E-state index in [-0.39, 0.29) is 0 Å². The molecule has 0 aromatic heterocycles. The average Bonchev–Trinajstić information content (AvgIpc) is 2.14. The summed E-state index contributed by atoms with van der Waals surface area (Å²) in [6.07, 6.45) is -1.31. The number of hydrogen-bond donors (Lipinski definition) is 1. The zero-order valence-electron chi connectivity index (χ0n) is 10.9. The second kappa shape index (κ2) is 6.98. The normalized spacial score (nSPS) is 14.4. The number of hydrogen-bond acceptors (Lipinski definition) is 4. The molecule has 0 aromatic rings. The molecule has 0 saturated carbocycles. The number of nitrogens with one attached hydrogen (secondary N) is 1. The van der Waals surface area contributed by atoms with Gasteiger partial charge >= 0.3 is 6.09 Å². The molecule has 7 heteroatoms. The Labute approximate surface area is 101 Å². The minimum absolute atomic E-state index is 0.393. The van der Waals surface area contributed by atoms with Crippen LogP contribution in [0.2, 0.25) is 0 Å². The molecule has 1 N–H and O–H groups in total. The Balaban J connectivity index is 4.34. The maximum Gasteiger partial charge on any atom is 0.407 e. The van der Waals surface area contributed by atoms with Crippen molar-refractivity contribution in [2.75, 3.05) is 6.61 Å². The number of rotatable bonds is 5. The standard InChI is InChI=1S/C10H20N4O3/c1-6-16-8(13-14-11)7(2)12-9(15)17-10(3,4)5/h7-8H,6H2,1-5H3,(H,12,15). The highest BCUT2D eigenvalue weighted by Crippen LogP contribution is 2.08. The molecule has 1 amide bonds. The van der Waals surface area contributed by atoms with Gasteiger partial charge in [0.1, 0.15) is 5.60 Å². The summed E-state index contributed by atoms with van der Waals surface area (Å²) in [6, 6.07) is -0.458. The first kappa shape index (κ1) is 15.5. The molecule has 0 bridgehead atoms. The first-order chi connectivity index (χ1) is 7.80. The van der Waals surface area contributed by atoms with Crippen LogP contribution in [0, 0.1) is 0 Å². The van der Waals surface area contributed by atoms with Gasteiger partial charge in [-0.3, -0.25) is 0 Å². The van der Waals surface area contributed by atoms with Crippen LogP contribution in [0.15, 0.2) is 5.11 Å². The van der Waals surface area contributed by atoms with Crippen molar-refractivity contribution in [3.05, 3.63) is 10.4 Å². The number of carbonyl (C=O) groups excluding carboxylic acids is 1. The number of alkyl carbamates (subject to hydrolysis) is 1. The summed E-state index contributed by atoms with van der Waals surface area (Å²) in [4.78, 5) is 14.1. The third-order valence-electron chi connectivity index (χ3n) is 1.68. The van der Waals surface area contributed by atoms with Crippen LogP contribution in [0.25, 0.3) is 10.4 Å². The maximum atomic E-state index is 11.5. The lowest BCUT2D eigenvalue weighted by Gasteiger charge is -2.24. The van der Waals surface area contributed by atoms with Crippen molar-refractivity contribution in [3.8, 4) is 0 Å². The van der Waals surface area contributed by atoms with E-state index in [2.05, 4.69) is 15.3 Å². The first-order valence-electron chi connectivity index (χ1n) is 5.45. The van der Waals surface area contributed by atoms with Crippen molar-refractivity contribution in [2.45, 2.75) is 52.5 Å². The van der Waals surface area contributed by atoms with Gasteiger partial charge < -0.3 is 14.8 Å². The highest BCUT2D eigenvalue weighted by molar-refractivity contribution is 5.68. The van der Waals surface area contributed by atoms with E-state index in [9.17, 15) is 4.79 Å². The lowest BCUT2D eigenvalue weighted by molar-refractivity contribution is 0.0252. The topological polar surface area (TPSA) is 96.3 Å². The van der Waals surface area contributed by atoms with Gasteiger partial charge in [-0.15, -0.1) is 0 Å². The molecule has 17 heavy (non-hydrogen) atoms. The molecule has 0 rings (SSSR count). The molecule has 0 aliphatic heterocycles. The maximum absolute atomic E-state index is 11.5. The van der Waals surface area contributed by atoms with Crippen molar-refractivity contribution >= 4 is 6.09 Å². The quantitative estimate of drug-likeness (QED) is 0.457. The lowest BCUT2D eigenvalue weighted by Crippen LogP contribution is -2.43. The first-order valence-corrected chi connectivity index (χ1v) is 5.45. The Hall–Kier alpha value is -1.46. The zero-order chi connectivity index (χ0) is 13.5. The van der Waals surface area contributed by atoms with E-state index >= 15 is 0 Å². The van der Waals surface area contributed by atoms with Crippen LogP contribution in [0.5, 0.6) is 0 Å². The fourth-order valence-electron chi connectivity index (χ4n) is 1.06. The smallest absolute Gasteiger partial charge is 0.407 e. The second-order valence-electron chi connectivity index (χ2n) is 4.49. The zero-order valence-corrected chi connectivity index (χ0v) is 10.9. The van der Waals surface area contributed by atoms with E-state index in [1.54, 1.807) is 34.6 Å². The molecule has 0 aliphatic carbocycles. The minimum atomic E-state index is -0.738. The molecule has 0 saturated heterocycles. The van der Waals surface area contributed by atoms with Crippen LogP contribution < -0.4 is 5.32 Å². The number of amides is 1. The summed E-state index contributed by atoms with van der Waals surface area (Å²) in [5, 5.41) is 6.01. The molecule has 98 valence electrons. The lowest BCUT2D eigenvalue weighted by atomic mass is 10.2.